The van der Waals surface area contributed by atoms with Crippen molar-refractivity contribution in [3.8, 4) is 0 Å². The van der Waals surface area contributed by atoms with Crippen LogP contribution in [0.15, 0.2) is 11.1 Å². The molecule has 0 saturated carbocycles. The average molecular weight is 263 g/mol. The topological polar surface area (TPSA) is 77.8 Å². The summed E-state index contributed by atoms with van der Waals surface area (Å²) in [5.41, 5.74) is 0.0156. The normalized spacial score (nSPS) is 28.0. The molecule has 0 aromatic heterocycles. The number of aliphatic hydroxyl groups excluding tert-OH is 1. The minimum atomic E-state index is -1.10. The van der Waals surface area contributed by atoms with Crippen LogP contribution in [-0.4, -0.2) is 38.5 Å². The summed E-state index contributed by atoms with van der Waals surface area (Å²) in [6.07, 6.45) is -0.724. The third-order valence-corrected chi connectivity index (χ3v) is 3.54. The fourth-order valence-corrected chi connectivity index (χ4v) is 3.01. The van der Waals surface area contributed by atoms with Crippen molar-refractivity contribution in [2.24, 2.45) is 5.92 Å². The van der Waals surface area contributed by atoms with Gasteiger partial charge in [0.15, 0.2) is 0 Å². The molecule has 0 radical (unpaired) electrons. The van der Waals surface area contributed by atoms with E-state index in [0.717, 1.165) is 0 Å². The molecule has 0 aromatic rings. The second-order valence-corrected chi connectivity index (χ2v) is 4.30. The van der Waals surface area contributed by atoms with E-state index in [9.17, 15) is 14.7 Å². The summed E-state index contributed by atoms with van der Waals surface area (Å²) in [5.74, 6) is -1.87. The number of carboxylic acids is 1. The molecule has 5 nitrogen and oxygen atoms in total. The number of carbonyl (C=O) groups is 2. The Morgan fingerprint density at radius 3 is 2.62 bits per heavy atom. The number of carboxylic acid groups (broad SMARTS) is 1. The molecule has 3 atom stereocenters. The van der Waals surface area contributed by atoms with E-state index in [1.807, 2.05) is 0 Å². The van der Waals surface area contributed by atoms with Crippen LogP contribution in [-0.2, 0) is 9.59 Å². The third kappa shape index (κ3) is 2.54. The second-order valence-electron chi connectivity index (χ2n) is 3.31. The van der Waals surface area contributed by atoms with E-state index in [2.05, 4.69) is 0 Å². The van der Waals surface area contributed by atoms with Gasteiger partial charge in [-0.3, -0.25) is 9.69 Å². The Kier molecular flexibility index (Phi) is 6.63. The zero-order valence-corrected chi connectivity index (χ0v) is 14.2. The number of hydrogen-bond donors (Lipinski definition) is 2. The Labute approximate surface area is 144 Å². The molecule has 2 aliphatic rings. The molecule has 1 saturated heterocycles. The number of hydrogen-bond acceptors (Lipinski definition) is 4. The molecule has 80 valence electrons. The van der Waals surface area contributed by atoms with Crippen LogP contribution in [0, 0.1) is 5.92 Å². The van der Waals surface area contributed by atoms with Crippen molar-refractivity contribution in [2.45, 2.75) is 18.4 Å². The first-order valence-electron chi connectivity index (χ1n) is 4.14. The van der Waals surface area contributed by atoms with E-state index in [1.54, 1.807) is 6.92 Å². The quantitative estimate of drug-likeness (QED) is 0.383. The van der Waals surface area contributed by atoms with Crippen LogP contribution in [0.3, 0.4) is 0 Å². The minimum Gasteiger partial charge on any atom is -1.00 e. The molecule has 8 heteroatoms. The standard InChI is InChI=1S/C8H9NO4S.2Na.2H/c1-3(10)5-6(11)9-4(8(12)13)2-14-7(5)9;;;;/h2-3,5,7,10H,1H3,(H,12,13);;;;/q;2*+1;2*-1/t3-,5?,7?;;;;/m1..../s1. The smallest absolute Gasteiger partial charge is 1.00 e. The van der Waals surface area contributed by atoms with Gasteiger partial charge in [-0.25, -0.2) is 4.79 Å². The Balaban J connectivity index is -0.000000562. The molecule has 2 heterocycles. The average Bonchev–Trinajstić information content (AvgIpc) is 2.42. The Morgan fingerprint density at radius 1 is 1.62 bits per heavy atom. The van der Waals surface area contributed by atoms with Gasteiger partial charge in [-0.1, -0.05) is 0 Å². The zero-order chi connectivity index (χ0) is 10.5. The van der Waals surface area contributed by atoms with Gasteiger partial charge in [-0.05, 0) is 6.92 Å². The summed E-state index contributed by atoms with van der Waals surface area (Å²) in [5, 5.41) is 19.2. The number of β-lactam (4-membered cyclic amide) rings is 1. The van der Waals surface area contributed by atoms with Crippen molar-refractivity contribution >= 4 is 23.6 Å². The van der Waals surface area contributed by atoms with Crippen molar-refractivity contribution in [3.05, 3.63) is 11.1 Å². The molecule has 0 aliphatic carbocycles. The fraction of sp³-hybridized carbons (Fsp3) is 0.500. The molecular weight excluding hydrogens is 252 g/mol. The molecule has 2 aliphatic heterocycles. The van der Waals surface area contributed by atoms with Gasteiger partial charge in [-0.2, -0.15) is 0 Å². The van der Waals surface area contributed by atoms with Gasteiger partial charge in [-0.15, -0.1) is 11.8 Å². The molecule has 1 amide bonds. The van der Waals surface area contributed by atoms with Crippen molar-refractivity contribution in [2.75, 3.05) is 0 Å². The summed E-state index contributed by atoms with van der Waals surface area (Å²) in [7, 11) is 0. The first-order valence-corrected chi connectivity index (χ1v) is 5.08. The van der Waals surface area contributed by atoms with Crippen LogP contribution in [0.25, 0.3) is 0 Å². The van der Waals surface area contributed by atoms with E-state index in [1.165, 1.54) is 22.1 Å². The predicted molar refractivity (Wildman–Crippen MR) is 51.3 cm³/mol. The molecule has 0 bridgehead atoms. The number of aliphatic carboxylic acids is 1. The summed E-state index contributed by atoms with van der Waals surface area (Å²) in [6, 6.07) is 0. The van der Waals surface area contributed by atoms with Gasteiger partial charge in [0.05, 0.1) is 12.0 Å². The molecule has 2 rings (SSSR count). The maximum atomic E-state index is 11.4. The zero-order valence-electron chi connectivity index (χ0n) is 11.4. The first kappa shape index (κ1) is 17.0. The summed E-state index contributed by atoms with van der Waals surface area (Å²) < 4.78 is 0. The number of rotatable bonds is 2. The molecule has 16 heavy (non-hydrogen) atoms. The number of amides is 1. The van der Waals surface area contributed by atoms with Gasteiger partial charge < -0.3 is 13.1 Å². The van der Waals surface area contributed by atoms with Crippen molar-refractivity contribution in [1.82, 2.24) is 4.90 Å². The third-order valence-electron chi connectivity index (χ3n) is 2.40. The molecule has 2 N–H and O–H groups in total. The largest absolute Gasteiger partial charge is 1.00 e. The van der Waals surface area contributed by atoms with Crippen LogP contribution in [0.4, 0.5) is 0 Å². The summed E-state index contributed by atoms with van der Waals surface area (Å²) in [4.78, 5) is 23.4. The molecular formula is C8H11NNa2O4S. The minimum absolute atomic E-state index is 0. The van der Waals surface area contributed by atoms with Crippen molar-refractivity contribution in [3.63, 3.8) is 0 Å². The van der Waals surface area contributed by atoms with Crippen molar-refractivity contribution in [1.29, 1.82) is 0 Å². The molecule has 2 unspecified atom stereocenters. The van der Waals surface area contributed by atoms with Gasteiger partial charge in [0.25, 0.3) is 0 Å². The van der Waals surface area contributed by atoms with Crippen LogP contribution < -0.4 is 59.1 Å². The summed E-state index contributed by atoms with van der Waals surface area (Å²) in [6.45, 7) is 1.54. The maximum Gasteiger partial charge on any atom is 1.00 e. The van der Waals surface area contributed by atoms with Gasteiger partial charge in [0.2, 0.25) is 5.91 Å². The SMILES string of the molecule is C[C@@H](O)C1C(=O)N2C(C(=O)O)=CSC12.[H-].[H-].[Na+].[Na+]. The summed E-state index contributed by atoms with van der Waals surface area (Å²) >= 11 is 1.27. The molecule has 0 aromatic carbocycles. The van der Waals surface area contributed by atoms with Gasteiger partial charge in [0, 0.05) is 5.41 Å². The Morgan fingerprint density at radius 2 is 2.19 bits per heavy atom. The second kappa shape index (κ2) is 6.24. The number of aliphatic hydroxyl groups is 1. The van der Waals surface area contributed by atoms with Gasteiger partial charge in [0.1, 0.15) is 11.1 Å². The Bertz CT molecular complexity index is 356. The number of nitrogens with zero attached hydrogens (tertiary/aromatic N) is 1. The van der Waals surface area contributed by atoms with Crippen LogP contribution in [0.5, 0.6) is 0 Å². The number of fused-ring (bicyclic) bond motifs is 1. The maximum absolute atomic E-state index is 11.4. The van der Waals surface area contributed by atoms with Crippen LogP contribution >= 0.6 is 11.8 Å². The van der Waals surface area contributed by atoms with Gasteiger partial charge >= 0.3 is 65.1 Å². The first-order chi connectivity index (χ1) is 6.54. The molecule has 0 spiro atoms. The van der Waals surface area contributed by atoms with E-state index in [-0.39, 0.29) is 78.9 Å². The molecule has 1 fully saturated rings. The van der Waals surface area contributed by atoms with E-state index in [0.29, 0.717) is 0 Å². The van der Waals surface area contributed by atoms with Crippen LogP contribution in [0.1, 0.15) is 9.78 Å². The van der Waals surface area contributed by atoms with E-state index in [4.69, 9.17) is 5.11 Å². The predicted octanol–water partition coefficient (Wildman–Crippen LogP) is -5.94. The monoisotopic (exact) mass is 263 g/mol. The van der Waals surface area contributed by atoms with Crippen LogP contribution in [0.2, 0.25) is 0 Å². The van der Waals surface area contributed by atoms with E-state index >= 15 is 0 Å². The van der Waals surface area contributed by atoms with E-state index < -0.39 is 18.0 Å². The van der Waals surface area contributed by atoms with Crippen molar-refractivity contribution < 1.29 is 81.8 Å². The number of thioether (sulfide) groups is 1. The number of carbonyl (C=O) groups excluding carboxylic acids is 1. The fourth-order valence-electron chi connectivity index (χ4n) is 1.68. The Hall–Kier alpha value is 0.990.